The van der Waals surface area contributed by atoms with E-state index in [1.54, 1.807) is 0 Å². The van der Waals surface area contributed by atoms with E-state index in [4.69, 9.17) is 0 Å². The first-order valence-electron chi connectivity index (χ1n) is 3.88. The van der Waals surface area contributed by atoms with E-state index in [0.29, 0.717) is 0 Å². The number of nitrogens with one attached hydrogen (secondary N) is 1. The number of alkyl halides is 4. The van der Waals surface area contributed by atoms with E-state index in [1.165, 1.54) is 6.92 Å². The predicted molar refractivity (Wildman–Crippen MR) is 43.3 cm³/mol. The van der Waals surface area contributed by atoms with E-state index in [-0.39, 0.29) is 11.4 Å². The Labute approximate surface area is 81.7 Å². The molecule has 0 fully saturated rings. The van der Waals surface area contributed by atoms with Crippen LogP contribution in [0, 0.1) is 6.92 Å². The summed E-state index contributed by atoms with van der Waals surface area (Å²) in [5, 5.41) is 0. The van der Waals surface area contributed by atoms with Crippen molar-refractivity contribution in [2.75, 3.05) is 0 Å². The number of pyridine rings is 1. The molecule has 15 heavy (non-hydrogen) atoms. The van der Waals surface area contributed by atoms with Crippen LogP contribution in [0.25, 0.3) is 0 Å². The Morgan fingerprint density at radius 1 is 1.47 bits per heavy atom. The molecule has 1 aromatic heterocycles. The SMILES string of the molecule is Cc1[nH]c(CF)cc(=O)c1OC(F)(F)F. The van der Waals surface area contributed by atoms with Crippen LogP contribution in [0.4, 0.5) is 17.6 Å². The molecule has 1 aromatic rings. The summed E-state index contributed by atoms with van der Waals surface area (Å²) in [7, 11) is 0. The fourth-order valence-corrected chi connectivity index (χ4v) is 1.06. The number of aromatic amines is 1. The lowest BCUT2D eigenvalue weighted by Crippen LogP contribution is -2.23. The van der Waals surface area contributed by atoms with E-state index in [1.807, 2.05) is 0 Å². The van der Waals surface area contributed by atoms with Gasteiger partial charge in [-0.1, -0.05) is 0 Å². The van der Waals surface area contributed by atoms with Crippen LogP contribution in [-0.2, 0) is 6.67 Å². The Hall–Kier alpha value is -1.53. The standard InChI is InChI=1S/C8H7F4NO2/c1-4-7(15-8(10,11)12)6(14)2-5(3-9)13-4/h2H,3H2,1H3,(H,13,14). The van der Waals surface area contributed by atoms with E-state index >= 15 is 0 Å². The maximum absolute atomic E-state index is 12.1. The first-order valence-corrected chi connectivity index (χ1v) is 3.88. The molecule has 0 amide bonds. The summed E-state index contributed by atoms with van der Waals surface area (Å²) in [6.45, 7) is 0.240. The zero-order valence-electron chi connectivity index (χ0n) is 7.61. The van der Waals surface area contributed by atoms with Gasteiger partial charge in [-0.25, -0.2) is 4.39 Å². The normalized spacial score (nSPS) is 11.5. The lowest BCUT2D eigenvalue weighted by Gasteiger charge is -2.10. The molecule has 1 N–H and O–H groups in total. The molecule has 0 aliphatic carbocycles. The van der Waals surface area contributed by atoms with Crippen LogP contribution in [0.1, 0.15) is 11.4 Å². The average Bonchev–Trinajstić information content (AvgIpc) is 2.09. The summed E-state index contributed by atoms with van der Waals surface area (Å²) in [6, 6.07) is 0.730. The summed E-state index contributed by atoms with van der Waals surface area (Å²) >= 11 is 0. The summed E-state index contributed by atoms with van der Waals surface area (Å²) in [5.41, 5.74) is -1.25. The van der Waals surface area contributed by atoms with Gasteiger partial charge < -0.3 is 9.72 Å². The van der Waals surface area contributed by atoms with Gasteiger partial charge in [-0.2, -0.15) is 0 Å². The summed E-state index contributed by atoms with van der Waals surface area (Å²) < 4.78 is 51.1. The van der Waals surface area contributed by atoms with Crippen LogP contribution in [0.2, 0.25) is 0 Å². The highest BCUT2D eigenvalue weighted by Crippen LogP contribution is 2.21. The van der Waals surface area contributed by atoms with Crippen LogP contribution in [0.5, 0.6) is 5.75 Å². The number of H-pyrrole nitrogens is 1. The molecule has 0 radical (unpaired) electrons. The second-order valence-electron chi connectivity index (χ2n) is 2.79. The Kier molecular flexibility index (Phi) is 3.01. The van der Waals surface area contributed by atoms with Gasteiger partial charge in [0.15, 0.2) is 5.75 Å². The minimum Gasteiger partial charge on any atom is -0.400 e. The smallest absolute Gasteiger partial charge is 0.400 e. The van der Waals surface area contributed by atoms with Crippen molar-refractivity contribution in [1.29, 1.82) is 0 Å². The van der Waals surface area contributed by atoms with Crippen LogP contribution in [0.3, 0.4) is 0 Å². The number of rotatable bonds is 2. The molecule has 0 bridgehead atoms. The van der Waals surface area contributed by atoms with Gasteiger partial charge in [0.25, 0.3) is 0 Å². The Morgan fingerprint density at radius 2 is 2.07 bits per heavy atom. The number of hydrogen-bond acceptors (Lipinski definition) is 2. The number of aromatic nitrogens is 1. The Balaban J connectivity index is 3.15. The summed E-state index contributed by atoms with van der Waals surface area (Å²) in [5.74, 6) is -0.861. The number of aryl methyl sites for hydroxylation is 1. The summed E-state index contributed by atoms with van der Waals surface area (Å²) in [4.78, 5) is 13.4. The maximum Gasteiger partial charge on any atom is 0.573 e. The minimum atomic E-state index is -4.94. The van der Waals surface area contributed by atoms with Crippen LogP contribution < -0.4 is 10.2 Å². The number of hydrogen-bond donors (Lipinski definition) is 1. The van der Waals surface area contributed by atoms with Gasteiger partial charge in [-0.3, -0.25) is 4.79 Å². The molecule has 0 atom stereocenters. The molecule has 0 aliphatic rings. The topological polar surface area (TPSA) is 42.1 Å². The lowest BCUT2D eigenvalue weighted by atomic mass is 10.3. The predicted octanol–water partition coefficient (Wildman–Crippen LogP) is 2.05. The number of ether oxygens (including phenoxy) is 1. The first kappa shape index (κ1) is 11.5. The van der Waals surface area contributed by atoms with Gasteiger partial charge in [-0.05, 0) is 6.92 Å². The minimum absolute atomic E-state index is 0.0907. The zero-order valence-corrected chi connectivity index (χ0v) is 7.61. The molecule has 7 heteroatoms. The molecular formula is C8H7F4NO2. The zero-order chi connectivity index (χ0) is 11.6. The van der Waals surface area contributed by atoms with Gasteiger partial charge in [0.1, 0.15) is 6.67 Å². The molecule has 1 heterocycles. The van der Waals surface area contributed by atoms with Crippen molar-refractivity contribution < 1.29 is 22.3 Å². The maximum atomic E-state index is 12.1. The summed E-state index contributed by atoms with van der Waals surface area (Å²) in [6.07, 6.45) is -4.94. The van der Waals surface area contributed by atoms with Crippen molar-refractivity contribution in [3.63, 3.8) is 0 Å². The van der Waals surface area contributed by atoms with Gasteiger partial charge in [0.05, 0.1) is 11.4 Å². The molecule has 84 valence electrons. The van der Waals surface area contributed by atoms with E-state index in [0.717, 1.165) is 6.07 Å². The molecule has 1 rings (SSSR count). The third kappa shape index (κ3) is 2.97. The molecule has 3 nitrogen and oxygen atoms in total. The second-order valence-corrected chi connectivity index (χ2v) is 2.79. The first-order chi connectivity index (χ1) is 6.83. The average molecular weight is 225 g/mol. The molecule has 0 aliphatic heterocycles. The van der Waals surface area contributed by atoms with E-state index in [9.17, 15) is 22.4 Å². The molecule has 0 saturated heterocycles. The fourth-order valence-electron chi connectivity index (χ4n) is 1.06. The van der Waals surface area contributed by atoms with E-state index < -0.39 is 24.2 Å². The van der Waals surface area contributed by atoms with Crippen molar-refractivity contribution in [3.05, 3.63) is 27.7 Å². The van der Waals surface area contributed by atoms with Crippen molar-refractivity contribution in [2.24, 2.45) is 0 Å². The Bertz CT molecular complexity index is 410. The highest BCUT2D eigenvalue weighted by Gasteiger charge is 2.33. The van der Waals surface area contributed by atoms with Crippen LogP contribution in [0.15, 0.2) is 10.9 Å². The monoisotopic (exact) mass is 225 g/mol. The van der Waals surface area contributed by atoms with Gasteiger partial charge in [-0.15, -0.1) is 13.2 Å². The van der Waals surface area contributed by atoms with Crippen molar-refractivity contribution in [1.82, 2.24) is 4.98 Å². The van der Waals surface area contributed by atoms with Gasteiger partial charge >= 0.3 is 6.36 Å². The largest absolute Gasteiger partial charge is 0.573 e. The van der Waals surface area contributed by atoms with Crippen molar-refractivity contribution in [3.8, 4) is 5.75 Å². The lowest BCUT2D eigenvalue weighted by molar-refractivity contribution is -0.275. The second kappa shape index (κ2) is 3.92. The highest BCUT2D eigenvalue weighted by atomic mass is 19.4. The molecule has 0 spiro atoms. The third-order valence-corrected chi connectivity index (χ3v) is 1.58. The highest BCUT2D eigenvalue weighted by molar-refractivity contribution is 5.28. The van der Waals surface area contributed by atoms with Crippen LogP contribution >= 0.6 is 0 Å². The van der Waals surface area contributed by atoms with Gasteiger partial charge in [0, 0.05) is 6.07 Å². The van der Waals surface area contributed by atoms with Crippen molar-refractivity contribution >= 4 is 0 Å². The van der Waals surface area contributed by atoms with Gasteiger partial charge in [0.2, 0.25) is 5.43 Å². The van der Waals surface area contributed by atoms with Crippen LogP contribution in [-0.4, -0.2) is 11.3 Å². The third-order valence-electron chi connectivity index (χ3n) is 1.58. The Morgan fingerprint density at radius 3 is 2.47 bits per heavy atom. The van der Waals surface area contributed by atoms with Crippen molar-refractivity contribution in [2.45, 2.75) is 20.0 Å². The molecular weight excluding hydrogens is 218 g/mol. The number of halogens is 4. The van der Waals surface area contributed by atoms with E-state index in [2.05, 4.69) is 9.72 Å². The molecule has 0 saturated carbocycles. The molecule has 0 unspecified atom stereocenters. The fraction of sp³-hybridized carbons (Fsp3) is 0.375. The molecule has 0 aromatic carbocycles. The quantitative estimate of drug-likeness (QED) is 0.782.